The molecule has 0 aliphatic carbocycles. The van der Waals surface area contributed by atoms with Gasteiger partial charge in [-0.1, -0.05) is 18.7 Å². The minimum Gasteiger partial charge on any atom is -0.451 e. The van der Waals surface area contributed by atoms with Crippen LogP contribution in [0, 0.1) is 11.6 Å². The fourth-order valence-electron chi connectivity index (χ4n) is 2.87. The largest absolute Gasteiger partial charge is 0.451 e. The van der Waals surface area contributed by atoms with Gasteiger partial charge in [0.25, 0.3) is 0 Å². The van der Waals surface area contributed by atoms with Crippen molar-refractivity contribution < 1.29 is 27.9 Å². The molecule has 2 aromatic rings. The smallest absolute Gasteiger partial charge is 0.246 e. The summed E-state index contributed by atoms with van der Waals surface area (Å²) in [5.41, 5.74) is 0.159. The van der Waals surface area contributed by atoms with E-state index in [0.717, 1.165) is 12.1 Å². The molecular weight excluding hydrogens is 396 g/mol. The lowest BCUT2D eigenvalue weighted by Crippen LogP contribution is -2.53. The third-order valence-corrected chi connectivity index (χ3v) is 4.41. The van der Waals surface area contributed by atoms with Crippen LogP contribution >= 0.6 is 0 Å². The average Bonchev–Trinajstić information content (AvgIpc) is 2.72. The van der Waals surface area contributed by atoms with Crippen LogP contribution in [0.4, 0.5) is 14.5 Å². The number of hydrogen-bond acceptors (Lipinski definition) is 4. The third-order valence-electron chi connectivity index (χ3n) is 4.41. The first-order valence-electron chi connectivity index (χ1n) is 9.08. The zero-order valence-electron chi connectivity index (χ0n) is 15.9. The van der Waals surface area contributed by atoms with E-state index in [-0.39, 0.29) is 48.6 Å². The Kier molecular flexibility index (Phi) is 6.41. The van der Waals surface area contributed by atoms with Crippen molar-refractivity contribution in [1.82, 2.24) is 9.80 Å². The van der Waals surface area contributed by atoms with Crippen LogP contribution in [0.15, 0.2) is 55.1 Å². The molecule has 1 saturated heterocycles. The van der Waals surface area contributed by atoms with E-state index in [1.807, 2.05) is 0 Å². The number of benzene rings is 2. The van der Waals surface area contributed by atoms with Gasteiger partial charge in [-0.15, -0.1) is 0 Å². The molecule has 1 fully saturated rings. The van der Waals surface area contributed by atoms with Crippen LogP contribution in [0.3, 0.4) is 0 Å². The minimum absolute atomic E-state index is 0.124. The van der Waals surface area contributed by atoms with Gasteiger partial charge in [0.15, 0.2) is 23.1 Å². The minimum atomic E-state index is -0.788. The van der Waals surface area contributed by atoms with Crippen LogP contribution in [-0.4, -0.2) is 53.7 Å². The Labute approximate surface area is 171 Å². The number of ether oxygens (including phenoxy) is 1. The summed E-state index contributed by atoms with van der Waals surface area (Å²) in [6.45, 7) is 3.51. The maximum Gasteiger partial charge on any atom is 0.246 e. The number of nitrogens with zero attached hydrogens (tertiary/aromatic N) is 2. The molecule has 3 amide bonds. The Morgan fingerprint density at radius 2 is 1.83 bits per heavy atom. The highest BCUT2D eigenvalue weighted by Gasteiger charge is 2.27. The zero-order chi connectivity index (χ0) is 21.7. The summed E-state index contributed by atoms with van der Waals surface area (Å²) in [6, 6.07) is 9.30. The van der Waals surface area contributed by atoms with Crippen molar-refractivity contribution >= 4 is 23.4 Å². The molecule has 30 heavy (non-hydrogen) atoms. The second-order valence-electron chi connectivity index (χ2n) is 6.51. The molecule has 7 nitrogen and oxygen atoms in total. The number of carbonyl (C=O) groups is 3. The summed E-state index contributed by atoms with van der Waals surface area (Å²) >= 11 is 0. The number of amides is 3. The first-order chi connectivity index (χ1) is 14.4. The highest BCUT2D eigenvalue weighted by atomic mass is 19.1. The second kappa shape index (κ2) is 9.17. The molecule has 0 unspecified atom stereocenters. The van der Waals surface area contributed by atoms with Gasteiger partial charge < -0.3 is 19.9 Å². The highest BCUT2D eigenvalue weighted by Crippen LogP contribution is 2.28. The van der Waals surface area contributed by atoms with E-state index in [2.05, 4.69) is 11.9 Å². The summed E-state index contributed by atoms with van der Waals surface area (Å²) in [4.78, 5) is 38.6. The van der Waals surface area contributed by atoms with Crippen molar-refractivity contribution in [1.29, 1.82) is 0 Å². The van der Waals surface area contributed by atoms with Crippen LogP contribution in [0.25, 0.3) is 0 Å². The molecule has 1 aliphatic rings. The van der Waals surface area contributed by atoms with Crippen LogP contribution in [0.2, 0.25) is 0 Å². The van der Waals surface area contributed by atoms with E-state index < -0.39 is 17.5 Å². The molecule has 9 heteroatoms. The molecule has 0 bridgehead atoms. The number of piperazine rings is 1. The second-order valence-corrected chi connectivity index (χ2v) is 6.51. The maximum atomic E-state index is 14.3. The SMILES string of the molecule is C=CC(=O)N1CCN(CC(=O)Nc2ccc(Oc3ccccc3F)c(F)c2)C(=O)C1. The van der Waals surface area contributed by atoms with Gasteiger partial charge >= 0.3 is 0 Å². The molecule has 3 rings (SSSR count). The molecule has 2 aromatic carbocycles. The van der Waals surface area contributed by atoms with E-state index in [1.165, 1.54) is 40.1 Å². The number of anilines is 1. The Hall–Kier alpha value is -3.75. The number of carbonyl (C=O) groups excluding carboxylic acids is 3. The van der Waals surface area contributed by atoms with Gasteiger partial charge in [-0.05, 0) is 30.3 Å². The van der Waals surface area contributed by atoms with Crippen molar-refractivity contribution in [3.05, 3.63) is 66.8 Å². The molecule has 1 heterocycles. The van der Waals surface area contributed by atoms with Gasteiger partial charge in [0.05, 0.1) is 6.54 Å². The molecule has 0 spiro atoms. The standard InChI is InChI=1S/C21H19F2N3O4/c1-2-20(28)26-10-9-25(21(29)13-26)12-19(27)24-14-7-8-18(16(23)11-14)30-17-6-4-3-5-15(17)22/h2-8,11H,1,9-10,12-13H2,(H,24,27). The Balaban J connectivity index is 1.57. The van der Waals surface area contributed by atoms with Crippen LogP contribution in [-0.2, 0) is 14.4 Å². The monoisotopic (exact) mass is 415 g/mol. The number of hydrogen-bond donors (Lipinski definition) is 1. The average molecular weight is 415 g/mol. The van der Waals surface area contributed by atoms with Gasteiger partial charge in [-0.2, -0.15) is 0 Å². The highest BCUT2D eigenvalue weighted by molar-refractivity contribution is 5.96. The van der Waals surface area contributed by atoms with Gasteiger partial charge in [-0.25, -0.2) is 8.78 Å². The van der Waals surface area contributed by atoms with Crippen LogP contribution in [0.1, 0.15) is 0 Å². The summed E-state index contributed by atoms with van der Waals surface area (Å²) in [5.74, 6) is -2.98. The quantitative estimate of drug-likeness (QED) is 0.736. The van der Waals surface area contributed by atoms with E-state index in [4.69, 9.17) is 4.74 Å². The summed E-state index contributed by atoms with van der Waals surface area (Å²) in [6.07, 6.45) is 1.13. The Bertz CT molecular complexity index is 996. The maximum absolute atomic E-state index is 14.3. The molecule has 0 atom stereocenters. The molecule has 1 aliphatic heterocycles. The number of para-hydroxylation sites is 1. The predicted octanol–water partition coefficient (Wildman–Crippen LogP) is 2.55. The lowest BCUT2D eigenvalue weighted by atomic mass is 10.2. The van der Waals surface area contributed by atoms with Crippen molar-refractivity contribution in [3.63, 3.8) is 0 Å². The molecule has 0 radical (unpaired) electrons. The first kappa shape index (κ1) is 21.0. The molecule has 156 valence electrons. The van der Waals surface area contributed by atoms with Gasteiger partial charge in [-0.3, -0.25) is 14.4 Å². The Morgan fingerprint density at radius 3 is 2.50 bits per heavy atom. The van der Waals surface area contributed by atoms with Crippen molar-refractivity contribution in [3.8, 4) is 11.5 Å². The number of nitrogens with one attached hydrogen (secondary N) is 1. The molecule has 0 aromatic heterocycles. The zero-order valence-corrected chi connectivity index (χ0v) is 15.9. The van der Waals surface area contributed by atoms with Gasteiger partial charge in [0.1, 0.15) is 6.54 Å². The van der Waals surface area contributed by atoms with E-state index >= 15 is 0 Å². The number of rotatable bonds is 6. The normalized spacial score (nSPS) is 13.7. The fraction of sp³-hybridized carbons (Fsp3) is 0.190. The summed E-state index contributed by atoms with van der Waals surface area (Å²) in [5, 5.41) is 2.50. The topological polar surface area (TPSA) is 79.0 Å². The summed E-state index contributed by atoms with van der Waals surface area (Å²) < 4.78 is 33.1. The van der Waals surface area contributed by atoms with E-state index in [0.29, 0.717) is 6.54 Å². The first-order valence-corrected chi connectivity index (χ1v) is 9.08. The molecule has 1 N–H and O–H groups in total. The van der Waals surface area contributed by atoms with Crippen LogP contribution < -0.4 is 10.1 Å². The molecule has 0 saturated carbocycles. The molecular formula is C21H19F2N3O4. The van der Waals surface area contributed by atoms with Gasteiger partial charge in [0.2, 0.25) is 17.7 Å². The lowest BCUT2D eigenvalue weighted by molar-refractivity contribution is -0.144. The Morgan fingerprint density at radius 1 is 1.10 bits per heavy atom. The van der Waals surface area contributed by atoms with Gasteiger partial charge in [0, 0.05) is 24.8 Å². The fourth-order valence-corrected chi connectivity index (χ4v) is 2.87. The summed E-state index contributed by atoms with van der Waals surface area (Å²) in [7, 11) is 0. The third kappa shape index (κ3) is 4.99. The van der Waals surface area contributed by atoms with Crippen molar-refractivity contribution in [2.75, 3.05) is 31.5 Å². The number of halogens is 2. The predicted molar refractivity (Wildman–Crippen MR) is 105 cm³/mol. The van der Waals surface area contributed by atoms with Crippen LogP contribution in [0.5, 0.6) is 11.5 Å². The van der Waals surface area contributed by atoms with Crippen molar-refractivity contribution in [2.24, 2.45) is 0 Å². The van der Waals surface area contributed by atoms with E-state index in [1.54, 1.807) is 6.07 Å². The lowest BCUT2D eigenvalue weighted by Gasteiger charge is -2.33. The van der Waals surface area contributed by atoms with Crippen molar-refractivity contribution in [2.45, 2.75) is 0 Å². The van der Waals surface area contributed by atoms with E-state index in [9.17, 15) is 23.2 Å².